The van der Waals surface area contributed by atoms with Crippen LogP contribution < -0.4 is 14.8 Å². The third-order valence-corrected chi connectivity index (χ3v) is 3.91. The molecule has 1 atom stereocenters. The summed E-state index contributed by atoms with van der Waals surface area (Å²) in [6.45, 7) is 8.20. The van der Waals surface area contributed by atoms with Crippen molar-refractivity contribution in [3.63, 3.8) is 0 Å². The van der Waals surface area contributed by atoms with Gasteiger partial charge in [-0.3, -0.25) is 4.79 Å². The van der Waals surface area contributed by atoms with Crippen molar-refractivity contribution in [3.8, 4) is 11.5 Å². The molecule has 1 N–H and O–H groups in total. The van der Waals surface area contributed by atoms with Crippen LogP contribution in [0.3, 0.4) is 0 Å². The largest absolute Gasteiger partial charge is 0.491 e. The fraction of sp³-hybridized carbons (Fsp3) is 0.381. The summed E-state index contributed by atoms with van der Waals surface area (Å²) in [6, 6.07) is 15.2. The first-order valence-corrected chi connectivity index (χ1v) is 8.78. The predicted molar refractivity (Wildman–Crippen MR) is 101 cm³/mol. The van der Waals surface area contributed by atoms with Gasteiger partial charge in [-0.05, 0) is 49.9 Å². The molecule has 0 saturated carbocycles. The quantitative estimate of drug-likeness (QED) is 0.734. The SMILES string of the molecule is CC[C@H](C)c1ccccc1OCC(=O)Nc1cccc(OC(C)C)c1. The Morgan fingerprint density at radius 1 is 1.08 bits per heavy atom. The van der Waals surface area contributed by atoms with Crippen LogP contribution in [0.4, 0.5) is 5.69 Å². The number of carbonyl (C=O) groups is 1. The zero-order valence-corrected chi connectivity index (χ0v) is 15.4. The molecule has 2 aromatic carbocycles. The second-order valence-corrected chi connectivity index (χ2v) is 6.38. The molecule has 4 heteroatoms. The van der Waals surface area contributed by atoms with Gasteiger partial charge in [0, 0.05) is 11.8 Å². The number of benzene rings is 2. The van der Waals surface area contributed by atoms with E-state index >= 15 is 0 Å². The predicted octanol–water partition coefficient (Wildman–Crippen LogP) is 5.00. The lowest BCUT2D eigenvalue weighted by Crippen LogP contribution is -2.20. The summed E-state index contributed by atoms with van der Waals surface area (Å²) in [6.07, 6.45) is 1.11. The number of amides is 1. The van der Waals surface area contributed by atoms with Gasteiger partial charge in [0.1, 0.15) is 11.5 Å². The molecule has 0 aliphatic rings. The van der Waals surface area contributed by atoms with Gasteiger partial charge in [-0.25, -0.2) is 0 Å². The van der Waals surface area contributed by atoms with Crippen LogP contribution in [0, 0.1) is 0 Å². The molecule has 0 aliphatic heterocycles. The summed E-state index contributed by atoms with van der Waals surface area (Å²) < 4.78 is 11.4. The standard InChI is InChI=1S/C21H27NO3/c1-5-16(4)19-11-6-7-12-20(19)24-14-21(23)22-17-9-8-10-18(13-17)25-15(2)3/h6-13,15-16H,5,14H2,1-4H3,(H,22,23)/t16-/m0/s1. The van der Waals surface area contributed by atoms with Crippen molar-refractivity contribution in [3.05, 3.63) is 54.1 Å². The molecule has 0 aliphatic carbocycles. The maximum atomic E-state index is 12.2. The number of rotatable bonds is 8. The lowest BCUT2D eigenvalue weighted by atomic mass is 9.98. The number of ether oxygens (including phenoxy) is 2. The molecule has 2 aromatic rings. The summed E-state index contributed by atoms with van der Waals surface area (Å²) in [5.74, 6) is 1.70. The fourth-order valence-corrected chi connectivity index (χ4v) is 2.50. The van der Waals surface area contributed by atoms with Gasteiger partial charge >= 0.3 is 0 Å². The topological polar surface area (TPSA) is 47.6 Å². The lowest BCUT2D eigenvalue weighted by molar-refractivity contribution is -0.118. The van der Waals surface area contributed by atoms with Crippen LogP contribution in [0.5, 0.6) is 11.5 Å². The molecule has 0 aromatic heterocycles. The summed E-state index contributed by atoms with van der Waals surface area (Å²) >= 11 is 0. The molecule has 0 radical (unpaired) electrons. The first kappa shape index (κ1) is 18.8. The van der Waals surface area contributed by atoms with Crippen molar-refractivity contribution in [2.75, 3.05) is 11.9 Å². The summed E-state index contributed by atoms with van der Waals surface area (Å²) in [7, 11) is 0. The Hall–Kier alpha value is -2.49. The van der Waals surface area contributed by atoms with E-state index in [0.717, 1.165) is 23.5 Å². The van der Waals surface area contributed by atoms with Gasteiger partial charge in [-0.15, -0.1) is 0 Å². The van der Waals surface area contributed by atoms with Gasteiger partial charge in [0.2, 0.25) is 0 Å². The zero-order chi connectivity index (χ0) is 18.2. The smallest absolute Gasteiger partial charge is 0.262 e. The summed E-state index contributed by atoms with van der Waals surface area (Å²) in [5, 5.41) is 2.84. The lowest BCUT2D eigenvalue weighted by Gasteiger charge is -2.15. The van der Waals surface area contributed by atoms with Crippen LogP contribution in [0.1, 0.15) is 45.6 Å². The van der Waals surface area contributed by atoms with E-state index in [1.165, 1.54) is 0 Å². The van der Waals surface area contributed by atoms with Gasteiger partial charge in [-0.2, -0.15) is 0 Å². The molecule has 25 heavy (non-hydrogen) atoms. The Labute approximate surface area is 150 Å². The molecule has 1 amide bonds. The summed E-state index contributed by atoms with van der Waals surface area (Å²) in [5.41, 5.74) is 1.83. The monoisotopic (exact) mass is 341 g/mol. The number of carbonyl (C=O) groups excluding carboxylic acids is 1. The number of para-hydroxylation sites is 1. The second kappa shape index (κ2) is 9.11. The van der Waals surface area contributed by atoms with Gasteiger partial charge in [-0.1, -0.05) is 38.1 Å². The molecule has 0 bridgehead atoms. The highest BCUT2D eigenvalue weighted by molar-refractivity contribution is 5.92. The Morgan fingerprint density at radius 2 is 1.84 bits per heavy atom. The second-order valence-electron chi connectivity index (χ2n) is 6.38. The third kappa shape index (κ3) is 5.82. The molecule has 0 unspecified atom stereocenters. The van der Waals surface area contributed by atoms with E-state index in [-0.39, 0.29) is 18.6 Å². The molecule has 4 nitrogen and oxygen atoms in total. The first-order chi connectivity index (χ1) is 12.0. The molecular formula is C21H27NO3. The molecular weight excluding hydrogens is 314 g/mol. The van der Waals surface area contributed by atoms with Crippen molar-refractivity contribution in [1.29, 1.82) is 0 Å². The van der Waals surface area contributed by atoms with E-state index in [0.29, 0.717) is 11.6 Å². The number of anilines is 1. The van der Waals surface area contributed by atoms with Crippen molar-refractivity contribution >= 4 is 11.6 Å². The molecule has 134 valence electrons. The van der Waals surface area contributed by atoms with E-state index < -0.39 is 0 Å². The van der Waals surface area contributed by atoms with E-state index in [1.54, 1.807) is 0 Å². The van der Waals surface area contributed by atoms with Crippen molar-refractivity contribution in [1.82, 2.24) is 0 Å². The molecule has 0 spiro atoms. The minimum atomic E-state index is -0.194. The zero-order valence-electron chi connectivity index (χ0n) is 15.4. The van der Waals surface area contributed by atoms with Crippen LogP contribution in [0.15, 0.2) is 48.5 Å². The maximum Gasteiger partial charge on any atom is 0.262 e. The number of hydrogen-bond donors (Lipinski definition) is 1. The van der Waals surface area contributed by atoms with E-state index in [2.05, 4.69) is 19.2 Å². The van der Waals surface area contributed by atoms with E-state index in [1.807, 2.05) is 62.4 Å². The Morgan fingerprint density at radius 3 is 2.56 bits per heavy atom. The van der Waals surface area contributed by atoms with Gasteiger partial charge in [0.15, 0.2) is 6.61 Å². The Balaban J connectivity index is 1.96. The third-order valence-electron chi connectivity index (χ3n) is 3.91. The van der Waals surface area contributed by atoms with Crippen LogP contribution in [0.25, 0.3) is 0 Å². The maximum absolute atomic E-state index is 12.2. The molecule has 0 saturated heterocycles. The van der Waals surface area contributed by atoms with Crippen LogP contribution in [-0.2, 0) is 4.79 Å². The van der Waals surface area contributed by atoms with Crippen molar-refractivity contribution in [2.24, 2.45) is 0 Å². The van der Waals surface area contributed by atoms with Crippen LogP contribution >= 0.6 is 0 Å². The fourth-order valence-electron chi connectivity index (χ4n) is 2.50. The van der Waals surface area contributed by atoms with Gasteiger partial charge in [0.05, 0.1) is 6.10 Å². The van der Waals surface area contributed by atoms with Crippen LogP contribution in [0.2, 0.25) is 0 Å². The minimum absolute atomic E-state index is 0.0251. The minimum Gasteiger partial charge on any atom is -0.491 e. The number of nitrogens with one attached hydrogen (secondary N) is 1. The average molecular weight is 341 g/mol. The highest BCUT2D eigenvalue weighted by Crippen LogP contribution is 2.28. The molecule has 0 fully saturated rings. The van der Waals surface area contributed by atoms with Crippen molar-refractivity contribution < 1.29 is 14.3 Å². The highest BCUT2D eigenvalue weighted by Gasteiger charge is 2.11. The molecule has 2 rings (SSSR count). The number of hydrogen-bond acceptors (Lipinski definition) is 3. The van der Waals surface area contributed by atoms with Crippen LogP contribution in [-0.4, -0.2) is 18.6 Å². The average Bonchev–Trinajstić information content (AvgIpc) is 2.59. The molecule has 0 heterocycles. The van der Waals surface area contributed by atoms with E-state index in [4.69, 9.17) is 9.47 Å². The van der Waals surface area contributed by atoms with E-state index in [9.17, 15) is 4.79 Å². The first-order valence-electron chi connectivity index (χ1n) is 8.78. The summed E-state index contributed by atoms with van der Waals surface area (Å²) in [4.78, 5) is 12.2. The Bertz CT molecular complexity index is 697. The van der Waals surface area contributed by atoms with Gasteiger partial charge in [0.25, 0.3) is 5.91 Å². The normalized spacial score (nSPS) is 11.9. The van der Waals surface area contributed by atoms with Gasteiger partial charge < -0.3 is 14.8 Å². The highest BCUT2D eigenvalue weighted by atomic mass is 16.5. The van der Waals surface area contributed by atoms with Crippen molar-refractivity contribution in [2.45, 2.75) is 46.1 Å². The Kier molecular flexibility index (Phi) is 6.87.